The number of nitrogens with zero attached hydrogens (tertiary/aromatic N) is 1. The Kier molecular flexibility index (Phi) is 3.67. The number of para-hydroxylation sites is 1. The minimum absolute atomic E-state index is 0.00348. The molecule has 3 rings (SSSR count). The Morgan fingerprint density at radius 1 is 1.23 bits per heavy atom. The highest BCUT2D eigenvalue weighted by atomic mass is 19.1. The molecule has 0 spiro atoms. The molecule has 0 N–H and O–H groups in total. The summed E-state index contributed by atoms with van der Waals surface area (Å²) in [7, 11) is 1.60. The van der Waals surface area contributed by atoms with Crippen LogP contribution in [0.1, 0.15) is 22.8 Å². The number of hydrogen-bond acceptors (Lipinski definition) is 2. The van der Waals surface area contributed by atoms with Gasteiger partial charge in [0.1, 0.15) is 11.6 Å². The van der Waals surface area contributed by atoms with Gasteiger partial charge in [-0.2, -0.15) is 0 Å². The van der Waals surface area contributed by atoms with Crippen molar-refractivity contribution in [3.05, 3.63) is 65.6 Å². The van der Waals surface area contributed by atoms with E-state index in [0.29, 0.717) is 17.9 Å². The lowest BCUT2D eigenvalue weighted by molar-refractivity contribution is 0.101. The Morgan fingerprint density at radius 2 is 2.00 bits per heavy atom. The van der Waals surface area contributed by atoms with Crippen molar-refractivity contribution >= 4 is 16.7 Å². The van der Waals surface area contributed by atoms with Gasteiger partial charge in [-0.3, -0.25) is 4.79 Å². The summed E-state index contributed by atoms with van der Waals surface area (Å²) in [6.45, 7) is 2.02. The quantitative estimate of drug-likeness (QED) is 0.681. The van der Waals surface area contributed by atoms with Crippen molar-refractivity contribution in [1.82, 2.24) is 4.57 Å². The molecule has 0 aliphatic rings. The number of Topliss-reactive ketones (excluding diaryl/α,β-unsaturated/α-hetero) is 1. The maximum atomic E-state index is 13.4. The van der Waals surface area contributed by atoms with Crippen molar-refractivity contribution in [1.29, 1.82) is 0 Å². The maximum Gasteiger partial charge on any atom is 0.161 e. The van der Waals surface area contributed by atoms with Gasteiger partial charge in [-0.15, -0.1) is 0 Å². The van der Waals surface area contributed by atoms with Gasteiger partial charge in [-0.1, -0.05) is 24.3 Å². The number of carbonyl (C=O) groups is 1. The number of halogens is 1. The molecule has 2 aromatic carbocycles. The molecule has 0 amide bonds. The third-order valence-corrected chi connectivity index (χ3v) is 3.70. The zero-order valence-corrected chi connectivity index (χ0v) is 12.5. The summed E-state index contributed by atoms with van der Waals surface area (Å²) >= 11 is 0. The fraction of sp³-hybridized carbons (Fsp3) is 0.167. The van der Waals surface area contributed by atoms with E-state index in [1.165, 1.54) is 12.1 Å². The molecule has 3 nitrogen and oxygen atoms in total. The number of rotatable bonds is 4. The average molecular weight is 297 g/mol. The molecule has 0 aliphatic heterocycles. The first-order chi connectivity index (χ1) is 10.6. The zero-order chi connectivity index (χ0) is 15.7. The third-order valence-electron chi connectivity index (χ3n) is 3.70. The SMILES string of the molecule is COc1cccc2c(C(C)=O)cn(Cc3cccc(F)c3)c12. The number of ketones is 1. The van der Waals surface area contributed by atoms with E-state index in [0.717, 1.165) is 16.5 Å². The molecule has 0 fully saturated rings. The van der Waals surface area contributed by atoms with Crippen LogP contribution in [0.25, 0.3) is 10.9 Å². The van der Waals surface area contributed by atoms with Crippen LogP contribution < -0.4 is 4.74 Å². The fourth-order valence-electron chi connectivity index (χ4n) is 2.73. The largest absolute Gasteiger partial charge is 0.495 e. The molecule has 0 aliphatic carbocycles. The highest BCUT2D eigenvalue weighted by Gasteiger charge is 2.15. The highest BCUT2D eigenvalue weighted by molar-refractivity contribution is 6.08. The summed E-state index contributed by atoms with van der Waals surface area (Å²) in [5.41, 5.74) is 2.32. The average Bonchev–Trinajstić information content (AvgIpc) is 2.86. The van der Waals surface area contributed by atoms with E-state index >= 15 is 0 Å². The van der Waals surface area contributed by atoms with Crippen molar-refractivity contribution < 1.29 is 13.9 Å². The van der Waals surface area contributed by atoms with Crippen LogP contribution in [0.3, 0.4) is 0 Å². The van der Waals surface area contributed by atoms with Gasteiger partial charge in [-0.25, -0.2) is 4.39 Å². The summed E-state index contributed by atoms with van der Waals surface area (Å²) < 4.78 is 20.7. The number of carbonyl (C=O) groups excluding carboxylic acids is 1. The minimum atomic E-state index is -0.271. The van der Waals surface area contributed by atoms with Crippen LogP contribution in [0.15, 0.2) is 48.7 Å². The molecule has 1 heterocycles. The van der Waals surface area contributed by atoms with Crippen LogP contribution >= 0.6 is 0 Å². The number of benzene rings is 2. The number of fused-ring (bicyclic) bond motifs is 1. The van der Waals surface area contributed by atoms with Crippen LogP contribution in [-0.2, 0) is 6.54 Å². The van der Waals surface area contributed by atoms with Gasteiger partial charge in [-0.05, 0) is 30.7 Å². The van der Waals surface area contributed by atoms with Crippen LogP contribution in [0.2, 0.25) is 0 Å². The molecule has 0 bridgehead atoms. The highest BCUT2D eigenvalue weighted by Crippen LogP contribution is 2.30. The van der Waals surface area contributed by atoms with Gasteiger partial charge in [0.25, 0.3) is 0 Å². The Morgan fingerprint density at radius 3 is 2.68 bits per heavy atom. The van der Waals surface area contributed by atoms with Crippen molar-refractivity contribution in [2.24, 2.45) is 0 Å². The first-order valence-electron chi connectivity index (χ1n) is 7.01. The molecule has 0 saturated heterocycles. The van der Waals surface area contributed by atoms with Gasteiger partial charge in [0, 0.05) is 23.7 Å². The van der Waals surface area contributed by atoms with Crippen molar-refractivity contribution in [3.8, 4) is 5.75 Å². The molecular formula is C18H16FNO2. The monoisotopic (exact) mass is 297 g/mol. The van der Waals surface area contributed by atoms with Crippen molar-refractivity contribution in [2.75, 3.05) is 7.11 Å². The van der Waals surface area contributed by atoms with E-state index in [1.54, 1.807) is 26.3 Å². The van der Waals surface area contributed by atoms with E-state index in [9.17, 15) is 9.18 Å². The van der Waals surface area contributed by atoms with E-state index < -0.39 is 0 Å². The Labute approximate surface area is 127 Å². The molecule has 3 aromatic rings. The molecule has 0 atom stereocenters. The number of ether oxygens (including phenoxy) is 1. The Bertz CT molecular complexity index is 851. The molecule has 4 heteroatoms. The molecule has 0 unspecified atom stereocenters. The summed E-state index contributed by atoms with van der Waals surface area (Å²) in [4.78, 5) is 11.9. The van der Waals surface area contributed by atoms with E-state index in [2.05, 4.69) is 0 Å². The molecule has 0 radical (unpaired) electrons. The topological polar surface area (TPSA) is 31.2 Å². The van der Waals surface area contributed by atoms with Gasteiger partial charge in [0.2, 0.25) is 0 Å². The zero-order valence-electron chi connectivity index (χ0n) is 12.5. The normalized spacial score (nSPS) is 10.9. The van der Waals surface area contributed by atoms with E-state index in [4.69, 9.17) is 4.74 Å². The Balaban J connectivity index is 2.18. The first-order valence-corrected chi connectivity index (χ1v) is 7.01. The number of aromatic nitrogens is 1. The molecule has 1 aromatic heterocycles. The molecule has 22 heavy (non-hydrogen) atoms. The maximum absolute atomic E-state index is 13.4. The smallest absolute Gasteiger partial charge is 0.161 e. The summed E-state index contributed by atoms with van der Waals surface area (Å²) in [6, 6.07) is 12.1. The van der Waals surface area contributed by atoms with Crippen LogP contribution in [0, 0.1) is 5.82 Å². The first kappa shape index (κ1) is 14.3. The molecular weight excluding hydrogens is 281 g/mol. The minimum Gasteiger partial charge on any atom is -0.495 e. The van der Waals surface area contributed by atoms with Crippen molar-refractivity contribution in [2.45, 2.75) is 13.5 Å². The lowest BCUT2D eigenvalue weighted by Gasteiger charge is -2.09. The summed E-state index contributed by atoms with van der Waals surface area (Å²) in [5, 5.41) is 0.850. The van der Waals surface area contributed by atoms with E-state index in [1.807, 2.05) is 28.8 Å². The number of hydrogen-bond donors (Lipinski definition) is 0. The number of methoxy groups -OCH3 is 1. The predicted molar refractivity (Wildman–Crippen MR) is 84.0 cm³/mol. The van der Waals surface area contributed by atoms with Crippen LogP contribution in [0.5, 0.6) is 5.75 Å². The third kappa shape index (κ3) is 2.48. The van der Waals surface area contributed by atoms with Crippen LogP contribution in [-0.4, -0.2) is 17.5 Å². The lowest BCUT2D eigenvalue weighted by Crippen LogP contribution is -2.00. The summed E-state index contributed by atoms with van der Waals surface area (Å²) in [5.74, 6) is 0.422. The second-order valence-corrected chi connectivity index (χ2v) is 5.21. The van der Waals surface area contributed by atoms with Gasteiger partial charge >= 0.3 is 0 Å². The standard InChI is InChI=1S/C18H16FNO2/c1-12(21)16-11-20(10-13-5-3-6-14(19)9-13)18-15(16)7-4-8-17(18)22-2/h3-9,11H,10H2,1-2H3. The molecule has 0 saturated carbocycles. The van der Waals surface area contributed by atoms with E-state index in [-0.39, 0.29) is 11.6 Å². The predicted octanol–water partition coefficient (Wildman–Crippen LogP) is 4.04. The molecule has 112 valence electrons. The van der Waals surface area contributed by atoms with Crippen molar-refractivity contribution in [3.63, 3.8) is 0 Å². The fourth-order valence-corrected chi connectivity index (χ4v) is 2.73. The van der Waals surface area contributed by atoms with Gasteiger partial charge in [0.05, 0.1) is 12.6 Å². The van der Waals surface area contributed by atoms with Gasteiger partial charge < -0.3 is 9.30 Å². The van der Waals surface area contributed by atoms with Gasteiger partial charge in [0.15, 0.2) is 5.78 Å². The van der Waals surface area contributed by atoms with Crippen LogP contribution in [0.4, 0.5) is 4.39 Å². The summed E-state index contributed by atoms with van der Waals surface area (Å²) in [6.07, 6.45) is 1.81. The second-order valence-electron chi connectivity index (χ2n) is 5.21. The Hall–Kier alpha value is -2.62. The lowest BCUT2D eigenvalue weighted by atomic mass is 10.1. The second kappa shape index (κ2) is 5.64.